The van der Waals surface area contributed by atoms with Crippen molar-refractivity contribution >= 4 is 15.7 Å². The number of sulfonamides is 1. The molecule has 2 N–H and O–H groups in total. The molecule has 0 heterocycles. The first kappa shape index (κ1) is 14.4. The number of nitro benzene ring substituents is 1. The second-order valence-corrected chi connectivity index (χ2v) is 5.27. The third-order valence-electron chi connectivity index (χ3n) is 2.22. The van der Waals surface area contributed by atoms with Gasteiger partial charge in [-0.25, -0.2) is 13.6 Å². The summed E-state index contributed by atoms with van der Waals surface area (Å²) in [6.07, 6.45) is 0.688. The fraction of sp³-hybridized carbons (Fsp3) is 0.400. The number of hydrogen-bond acceptors (Lipinski definition) is 5. The van der Waals surface area contributed by atoms with Gasteiger partial charge in [-0.2, -0.15) is 0 Å². The van der Waals surface area contributed by atoms with Crippen LogP contribution in [-0.4, -0.2) is 19.9 Å². The summed E-state index contributed by atoms with van der Waals surface area (Å²) in [7, 11) is -3.99. The molecule has 1 rings (SSSR count). The molecule has 18 heavy (non-hydrogen) atoms. The third-order valence-corrected chi connectivity index (χ3v) is 3.27. The molecule has 7 nitrogen and oxygen atoms in total. The SMILES string of the molecule is CCCOc1cc(C)c(S(N)(=O)=O)cc1[N+](=O)[O-]. The van der Waals surface area contributed by atoms with E-state index in [1.165, 1.54) is 13.0 Å². The Labute approximate surface area is 105 Å². The van der Waals surface area contributed by atoms with Crippen LogP contribution < -0.4 is 9.88 Å². The Balaban J connectivity index is 3.39. The third kappa shape index (κ3) is 3.17. The van der Waals surface area contributed by atoms with Gasteiger partial charge < -0.3 is 4.74 Å². The predicted molar refractivity (Wildman–Crippen MR) is 65.0 cm³/mol. The smallest absolute Gasteiger partial charge is 0.312 e. The van der Waals surface area contributed by atoms with Gasteiger partial charge in [-0.05, 0) is 25.0 Å². The lowest BCUT2D eigenvalue weighted by Crippen LogP contribution is -2.14. The summed E-state index contributed by atoms with van der Waals surface area (Å²) in [6.45, 7) is 3.68. The van der Waals surface area contributed by atoms with E-state index in [0.717, 1.165) is 6.07 Å². The first-order valence-corrected chi connectivity index (χ1v) is 6.76. The Bertz CT molecular complexity index is 568. The second-order valence-electron chi connectivity index (χ2n) is 3.74. The van der Waals surface area contributed by atoms with Crippen molar-refractivity contribution in [3.8, 4) is 5.75 Å². The van der Waals surface area contributed by atoms with Gasteiger partial charge in [0, 0.05) is 6.07 Å². The number of hydrogen-bond donors (Lipinski definition) is 1. The highest BCUT2D eigenvalue weighted by molar-refractivity contribution is 7.89. The van der Waals surface area contributed by atoms with Crippen molar-refractivity contribution in [3.05, 3.63) is 27.8 Å². The average Bonchev–Trinajstić information content (AvgIpc) is 2.23. The van der Waals surface area contributed by atoms with Crippen LogP contribution in [0, 0.1) is 17.0 Å². The normalized spacial score (nSPS) is 11.3. The maximum atomic E-state index is 11.3. The molecule has 0 bridgehead atoms. The van der Waals surface area contributed by atoms with E-state index >= 15 is 0 Å². The van der Waals surface area contributed by atoms with E-state index in [1.807, 2.05) is 6.92 Å². The summed E-state index contributed by atoms with van der Waals surface area (Å²) in [4.78, 5) is 9.90. The van der Waals surface area contributed by atoms with Gasteiger partial charge in [-0.15, -0.1) is 0 Å². The van der Waals surface area contributed by atoms with E-state index in [4.69, 9.17) is 9.88 Å². The molecule has 100 valence electrons. The number of ether oxygens (including phenoxy) is 1. The molecule has 0 aliphatic carbocycles. The summed E-state index contributed by atoms with van der Waals surface area (Å²) in [5, 5.41) is 15.9. The number of nitro groups is 1. The Kier molecular flexibility index (Phi) is 4.25. The minimum atomic E-state index is -3.99. The minimum Gasteiger partial charge on any atom is -0.487 e. The highest BCUT2D eigenvalue weighted by Gasteiger charge is 2.22. The minimum absolute atomic E-state index is 0.0479. The van der Waals surface area contributed by atoms with Crippen molar-refractivity contribution in [1.82, 2.24) is 0 Å². The van der Waals surface area contributed by atoms with E-state index < -0.39 is 20.6 Å². The first-order chi connectivity index (χ1) is 8.27. The van der Waals surface area contributed by atoms with Crippen LogP contribution in [0.4, 0.5) is 5.69 Å². The van der Waals surface area contributed by atoms with Crippen molar-refractivity contribution in [1.29, 1.82) is 0 Å². The summed E-state index contributed by atoms with van der Waals surface area (Å²) in [6, 6.07) is 2.24. The van der Waals surface area contributed by atoms with Crippen LogP contribution >= 0.6 is 0 Å². The molecule has 0 saturated heterocycles. The maximum Gasteiger partial charge on any atom is 0.312 e. The van der Waals surface area contributed by atoms with Crippen LogP contribution in [0.25, 0.3) is 0 Å². The zero-order chi connectivity index (χ0) is 13.9. The van der Waals surface area contributed by atoms with E-state index in [2.05, 4.69) is 0 Å². The lowest BCUT2D eigenvalue weighted by atomic mass is 10.2. The topological polar surface area (TPSA) is 113 Å². The van der Waals surface area contributed by atoms with Gasteiger partial charge in [0.15, 0.2) is 5.75 Å². The number of aryl methyl sites for hydroxylation is 1. The molecule has 0 aliphatic rings. The first-order valence-electron chi connectivity index (χ1n) is 5.22. The Morgan fingerprint density at radius 1 is 1.44 bits per heavy atom. The molecule has 0 saturated carbocycles. The quantitative estimate of drug-likeness (QED) is 0.643. The molecule has 0 aliphatic heterocycles. The van der Waals surface area contributed by atoms with Crippen molar-refractivity contribution in [2.45, 2.75) is 25.2 Å². The average molecular weight is 274 g/mol. The van der Waals surface area contributed by atoms with Crippen LogP contribution in [0.1, 0.15) is 18.9 Å². The molecule has 1 aromatic carbocycles. The van der Waals surface area contributed by atoms with Gasteiger partial charge in [-0.3, -0.25) is 10.1 Å². The zero-order valence-electron chi connectivity index (χ0n) is 10.0. The molecule has 0 amide bonds. The van der Waals surface area contributed by atoms with E-state index in [9.17, 15) is 18.5 Å². The summed E-state index contributed by atoms with van der Waals surface area (Å²) >= 11 is 0. The molecular formula is C10H14N2O5S. The second kappa shape index (κ2) is 5.32. The largest absolute Gasteiger partial charge is 0.487 e. The molecule has 0 fully saturated rings. The Morgan fingerprint density at radius 3 is 2.50 bits per heavy atom. The highest BCUT2D eigenvalue weighted by Crippen LogP contribution is 2.32. The summed E-state index contributed by atoms with van der Waals surface area (Å²) < 4.78 is 27.8. The molecule has 0 unspecified atom stereocenters. The van der Waals surface area contributed by atoms with Crippen LogP contribution in [0.3, 0.4) is 0 Å². The standard InChI is InChI=1S/C10H14N2O5S/c1-3-4-17-9-5-7(2)10(18(11,15)16)6-8(9)12(13)14/h5-6H,3-4H2,1-2H3,(H2,11,15,16). The lowest BCUT2D eigenvalue weighted by Gasteiger charge is -2.09. The summed E-state index contributed by atoms with van der Waals surface area (Å²) in [5.41, 5.74) is -0.0905. The number of rotatable bonds is 5. The van der Waals surface area contributed by atoms with Crippen LogP contribution in [0.2, 0.25) is 0 Å². The molecule has 0 radical (unpaired) electrons. The molecule has 0 atom stereocenters. The van der Waals surface area contributed by atoms with Crippen molar-refractivity contribution in [2.24, 2.45) is 5.14 Å². The Morgan fingerprint density at radius 2 is 2.06 bits per heavy atom. The summed E-state index contributed by atoms with van der Waals surface area (Å²) in [5.74, 6) is 0.0479. The zero-order valence-corrected chi connectivity index (χ0v) is 10.9. The highest BCUT2D eigenvalue weighted by atomic mass is 32.2. The fourth-order valence-corrected chi connectivity index (χ4v) is 2.21. The number of nitrogens with zero attached hydrogens (tertiary/aromatic N) is 1. The predicted octanol–water partition coefficient (Wildman–Crippen LogP) is 1.34. The molecule has 8 heteroatoms. The van der Waals surface area contributed by atoms with E-state index in [1.54, 1.807) is 0 Å². The lowest BCUT2D eigenvalue weighted by molar-refractivity contribution is -0.386. The van der Waals surface area contributed by atoms with Gasteiger partial charge in [0.2, 0.25) is 10.0 Å². The molecular weight excluding hydrogens is 260 g/mol. The van der Waals surface area contributed by atoms with Gasteiger partial charge in [0.05, 0.1) is 16.4 Å². The molecule has 1 aromatic rings. The molecule has 0 spiro atoms. The number of primary sulfonamides is 1. The van der Waals surface area contributed by atoms with Crippen LogP contribution in [0.15, 0.2) is 17.0 Å². The molecule has 0 aromatic heterocycles. The number of nitrogens with two attached hydrogens (primary N) is 1. The fourth-order valence-electron chi connectivity index (χ4n) is 1.43. The maximum absolute atomic E-state index is 11.3. The van der Waals surface area contributed by atoms with Crippen molar-refractivity contribution in [3.63, 3.8) is 0 Å². The Hall–Kier alpha value is -1.67. The van der Waals surface area contributed by atoms with Gasteiger partial charge in [0.25, 0.3) is 0 Å². The van der Waals surface area contributed by atoms with Gasteiger partial charge in [-0.1, -0.05) is 6.92 Å². The number of benzene rings is 1. The monoisotopic (exact) mass is 274 g/mol. The van der Waals surface area contributed by atoms with Gasteiger partial charge >= 0.3 is 5.69 Å². The van der Waals surface area contributed by atoms with E-state index in [-0.39, 0.29) is 10.6 Å². The van der Waals surface area contributed by atoms with Crippen LogP contribution in [-0.2, 0) is 10.0 Å². The van der Waals surface area contributed by atoms with E-state index in [0.29, 0.717) is 18.6 Å². The van der Waals surface area contributed by atoms with Gasteiger partial charge in [0.1, 0.15) is 0 Å². The van der Waals surface area contributed by atoms with Crippen molar-refractivity contribution < 1.29 is 18.1 Å². The van der Waals surface area contributed by atoms with Crippen molar-refractivity contribution in [2.75, 3.05) is 6.61 Å². The van der Waals surface area contributed by atoms with Crippen LogP contribution in [0.5, 0.6) is 5.75 Å².